The SMILES string of the molecule is CC(=O)c1ccc(N2CCN(C(=O)c3cnn(C(C)(C)C)c3)CC2)cc1. The van der Waals surface area contributed by atoms with Crippen molar-refractivity contribution in [3.05, 3.63) is 47.8 Å². The van der Waals surface area contributed by atoms with Gasteiger partial charge in [0, 0.05) is 43.6 Å². The Morgan fingerprint density at radius 3 is 2.08 bits per heavy atom. The largest absolute Gasteiger partial charge is 0.368 e. The molecule has 1 amide bonds. The van der Waals surface area contributed by atoms with Gasteiger partial charge in [0.15, 0.2) is 5.78 Å². The van der Waals surface area contributed by atoms with E-state index in [0.29, 0.717) is 18.7 Å². The zero-order valence-electron chi connectivity index (χ0n) is 15.9. The summed E-state index contributed by atoms with van der Waals surface area (Å²) in [6.45, 7) is 10.7. The second kappa shape index (κ2) is 6.94. The van der Waals surface area contributed by atoms with Gasteiger partial charge in [0.1, 0.15) is 0 Å². The zero-order valence-corrected chi connectivity index (χ0v) is 15.9. The van der Waals surface area contributed by atoms with Gasteiger partial charge in [-0.1, -0.05) is 0 Å². The summed E-state index contributed by atoms with van der Waals surface area (Å²) in [5.41, 5.74) is 2.31. The van der Waals surface area contributed by atoms with Crippen LogP contribution >= 0.6 is 0 Å². The molecule has 6 nitrogen and oxygen atoms in total. The third-order valence-corrected chi connectivity index (χ3v) is 4.72. The molecular weight excluding hydrogens is 328 g/mol. The quantitative estimate of drug-likeness (QED) is 0.796. The van der Waals surface area contributed by atoms with Gasteiger partial charge in [-0.05, 0) is 52.0 Å². The van der Waals surface area contributed by atoms with E-state index in [1.165, 1.54) is 0 Å². The molecule has 0 aliphatic carbocycles. The maximum absolute atomic E-state index is 12.7. The van der Waals surface area contributed by atoms with Crippen LogP contribution in [-0.2, 0) is 5.54 Å². The first-order chi connectivity index (χ1) is 12.3. The molecule has 0 atom stereocenters. The first-order valence-electron chi connectivity index (χ1n) is 8.96. The molecule has 1 aromatic heterocycles. The van der Waals surface area contributed by atoms with Crippen molar-refractivity contribution in [3.63, 3.8) is 0 Å². The fourth-order valence-corrected chi connectivity index (χ4v) is 3.06. The number of piperazine rings is 1. The average Bonchev–Trinajstić information content (AvgIpc) is 3.12. The minimum atomic E-state index is -0.136. The van der Waals surface area contributed by atoms with Gasteiger partial charge < -0.3 is 9.80 Å². The van der Waals surface area contributed by atoms with Crippen LogP contribution in [0.5, 0.6) is 0 Å². The summed E-state index contributed by atoms with van der Waals surface area (Å²) in [5, 5.41) is 4.32. The topological polar surface area (TPSA) is 58.4 Å². The molecule has 6 heteroatoms. The fourth-order valence-electron chi connectivity index (χ4n) is 3.06. The van der Waals surface area contributed by atoms with Crippen molar-refractivity contribution < 1.29 is 9.59 Å². The smallest absolute Gasteiger partial charge is 0.257 e. The van der Waals surface area contributed by atoms with E-state index in [1.807, 2.05) is 40.0 Å². The molecule has 138 valence electrons. The minimum Gasteiger partial charge on any atom is -0.368 e. The number of ketones is 1. The van der Waals surface area contributed by atoms with Crippen molar-refractivity contribution in [2.75, 3.05) is 31.1 Å². The number of amides is 1. The highest BCUT2D eigenvalue weighted by atomic mass is 16.2. The first kappa shape index (κ1) is 18.2. The molecule has 1 fully saturated rings. The lowest BCUT2D eigenvalue weighted by molar-refractivity contribution is 0.0746. The molecule has 26 heavy (non-hydrogen) atoms. The van der Waals surface area contributed by atoms with E-state index in [1.54, 1.807) is 13.1 Å². The molecule has 0 bridgehead atoms. The van der Waals surface area contributed by atoms with Crippen molar-refractivity contribution in [1.29, 1.82) is 0 Å². The van der Waals surface area contributed by atoms with Gasteiger partial charge in [-0.2, -0.15) is 5.10 Å². The number of Topliss-reactive ketones (excluding diaryl/α,β-unsaturated/α-hetero) is 1. The molecule has 2 aromatic rings. The molecule has 0 unspecified atom stereocenters. The highest BCUT2D eigenvalue weighted by Crippen LogP contribution is 2.19. The molecule has 0 saturated carbocycles. The molecule has 0 radical (unpaired) electrons. The predicted octanol–water partition coefficient (Wildman–Crippen LogP) is 2.80. The van der Waals surface area contributed by atoms with Crippen LogP contribution in [0, 0.1) is 0 Å². The molecule has 1 aromatic carbocycles. The summed E-state index contributed by atoms with van der Waals surface area (Å²) in [4.78, 5) is 28.2. The van der Waals surface area contributed by atoms with Crippen molar-refractivity contribution in [1.82, 2.24) is 14.7 Å². The number of hydrogen-bond acceptors (Lipinski definition) is 4. The van der Waals surface area contributed by atoms with E-state index < -0.39 is 0 Å². The number of benzene rings is 1. The molecule has 1 aliphatic rings. The Bertz CT molecular complexity index is 794. The Balaban J connectivity index is 1.62. The molecule has 1 saturated heterocycles. The minimum absolute atomic E-state index is 0.0343. The van der Waals surface area contributed by atoms with Crippen LogP contribution in [0.4, 0.5) is 5.69 Å². The fraction of sp³-hybridized carbons (Fsp3) is 0.450. The lowest BCUT2D eigenvalue weighted by Gasteiger charge is -2.36. The summed E-state index contributed by atoms with van der Waals surface area (Å²) < 4.78 is 1.83. The maximum Gasteiger partial charge on any atom is 0.257 e. The number of hydrogen-bond donors (Lipinski definition) is 0. The Hall–Kier alpha value is -2.63. The van der Waals surface area contributed by atoms with Crippen LogP contribution in [0.3, 0.4) is 0 Å². The summed E-state index contributed by atoms with van der Waals surface area (Å²) in [7, 11) is 0. The lowest BCUT2D eigenvalue weighted by Crippen LogP contribution is -2.48. The van der Waals surface area contributed by atoms with Crippen molar-refractivity contribution in [2.24, 2.45) is 0 Å². The van der Waals surface area contributed by atoms with Crippen LogP contribution < -0.4 is 4.90 Å². The van der Waals surface area contributed by atoms with Crippen molar-refractivity contribution >= 4 is 17.4 Å². The van der Waals surface area contributed by atoms with E-state index in [2.05, 4.69) is 30.8 Å². The highest BCUT2D eigenvalue weighted by Gasteiger charge is 2.24. The lowest BCUT2D eigenvalue weighted by atomic mass is 10.1. The van der Waals surface area contributed by atoms with Crippen LogP contribution in [0.2, 0.25) is 0 Å². The van der Waals surface area contributed by atoms with E-state index in [9.17, 15) is 9.59 Å². The van der Waals surface area contributed by atoms with Gasteiger partial charge >= 0.3 is 0 Å². The van der Waals surface area contributed by atoms with Crippen LogP contribution in [0.15, 0.2) is 36.7 Å². The monoisotopic (exact) mass is 354 g/mol. The van der Waals surface area contributed by atoms with Crippen LogP contribution in [0.1, 0.15) is 48.4 Å². The van der Waals surface area contributed by atoms with E-state index in [4.69, 9.17) is 0 Å². The summed E-state index contributed by atoms with van der Waals surface area (Å²) in [6.07, 6.45) is 3.48. The zero-order chi connectivity index (χ0) is 18.9. The van der Waals surface area contributed by atoms with Gasteiger partial charge in [-0.3, -0.25) is 14.3 Å². The Kier molecular flexibility index (Phi) is 4.85. The van der Waals surface area contributed by atoms with Gasteiger partial charge in [0.05, 0.1) is 17.3 Å². The molecule has 2 heterocycles. The highest BCUT2D eigenvalue weighted by molar-refractivity contribution is 5.94. The molecule has 1 aliphatic heterocycles. The van der Waals surface area contributed by atoms with E-state index in [0.717, 1.165) is 24.3 Å². The van der Waals surface area contributed by atoms with E-state index >= 15 is 0 Å². The Labute approximate surface area is 154 Å². The van der Waals surface area contributed by atoms with Gasteiger partial charge in [-0.15, -0.1) is 0 Å². The second-order valence-electron chi connectivity index (χ2n) is 7.73. The van der Waals surface area contributed by atoms with Gasteiger partial charge in [0.25, 0.3) is 5.91 Å². The number of anilines is 1. The molecule has 0 N–H and O–H groups in total. The van der Waals surface area contributed by atoms with Crippen LogP contribution in [-0.4, -0.2) is 52.5 Å². The number of rotatable bonds is 3. The Morgan fingerprint density at radius 1 is 0.962 bits per heavy atom. The van der Waals surface area contributed by atoms with Crippen LogP contribution in [0.25, 0.3) is 0 Å². The first-order valence-corrected chi connectivity index (χ1v) is 8.96. The summed E-state index contributed by atoms with van der Waals surface area (Å²) >= 11 is 0. The summed E-state index contributed by atoms with van der Waals surface area (Å²) in [6, 6.07) is 7.66. The number of carbonyl (C=O) groups is 2. The third-order valence-electron chi connectivity index (χ3n) is 4.72. The number of nitrogens with zero attached hydrogens (tertiary/aromatic N) is 4. The number of aromatic nitrogens is 2. The van der Waals surface area contributed by atoms with Crippen molar-refractivity contribution in [2.45, 2.75) is 33.2 Å². The predicted molar refractivity (Wildman–Crippen MR) is 102 cm³/mol. The van der Waals surface area contributed by atoms with Gasteiger partial charge in [0.2, 0.25) is 0 Å². The maximum atomic E-state index is 12.7. The standard InChI is InChI=1S/C20H26N4O2/c1-15(25)16-5-7-18(8-6-16)22-9-11-23(12-10-22)19(26)17-13-21-24(14-17)20(2,3)4/h5-8,13-14H,9-12H2,1-4H3. The molecule has 0 spiro atoms. The van der Waals surface area contributed by atoms with E-state index in [-0.39, 0.29) is 17.2 Å². The van der Waals surface area contributed by atoms with Gasteiger partial charge in [-0.25, -0.2) is 0 Å². The molecule has 3 rings (SSSR count). The normalized spacial score (nSPS) is 15.2. The summed E-state index contributed by atoms with van der Waals surface area (Å²) in [5.74, 6) is 0.106. The second-order valence-corrected chi connectivity index (χ2v) is 7.73. The average molecular weight is 354 g/mol. The Morgan fingerprint density at radius 2 is 1.58 bits per heavy atom. The van der Waals surface area contributed by atoms with Crippen molar-refractivity contribution in [3.8, 4) is 0 Å². The number of carbonyl (C=O) groups excluding carboxylic acids is 2. The third kappa shape index (κ3) is 3.79. The molecular formula is C20H26N4O2.